The van der Waals surface area contributed by atoms with Crippen molar-refractivity contribution in [3.8, 4) is 0 Å². The molecule has 7 heteroatoms. The number of nitro groups is 1. The zero-order valence-electron chi connectivity index (χ0n) is 17.8. The molecule has 3 aromatic rings. The summed E-state index contributed by atoms with van der Waals surface area (Å²) >= 11 is 0. The Hall–Kier alpha value is -4.26. The number of ketones is 1. The van der Waals surface area contributed by atoms with Crippen molar-refractivity contribution in [1.29, 1.82) is 0 Å². The Morgan fingerprint density at radius 3 is 2.15 bits per heavy atom. The van der Waals surface area contributed by atoms with Gasteiger partial charge >= 0.3 is 6.03 Å². The van der Waals surface area contributed by atoms with Gasteiger partial charge < -0.3 is 0 Å². The number of nitrogens with zero attached hydrogens (tertiary/aromatic N) is 3. The molecule has 0 N–H and O–H groups in total. The number of nitro benzene ring substituents is 1. The lowest BCUT2D eigenvalue weighted by molar-refractivity contribution is -0.384. The molecule has 1 atom stereocenters. The van der Waals surface area contributed by atoms with Gasteiger partial charge in [0.25, 0.3) is 5.69 Å². The summed E-state index contributed by atoms with van der Waals surface area (Å²) in [6, 6.07) is 23.6. The predicted molar refractivity (Wildman–Crippen MR) is 125 cm³/mol. The minimum absolute atomic E-state index is 0.0397. The van der Waals surface area contributed by atoms with Crippen LogP contribution in [0.1, 0.15) is 30.9 Å². The smallest absolute Gasteiger partial charge is 0.294 e. The van der Waals surface area contributed by atoms with E-state index in [1.54, 1.807) is 21.9 Å². The van der Waals surface area contributed by atoms with E-state index in [4.69, 9.17) is 0 Å². The Morgan fingerprint density at radius 1 is 0.818 bits per heavy atom. The van der Waals surface area contributed by atoms with Crippen molar-refractivity contribution in [1.82, 2.24) is 0 Å². The van der Waals surface area contributed by atoms with E-state index in [0.29, 0.717) is 47.5 Å². The molecule has 1 unspecified atom stereocenters. The van der Waals surface area contributed by atoms with Crippen LogP contribution in [0.15, 0.2) is 96.2 Å². The van der Waals surface area contributed by atoms with Crippen molar-refractivity contribution in [2.45, 2.75) is 25.3 Å². The molecule has 0 aromatic heterocycles. The number of hydrogen-bond acceptors (Lipinski definition) is 4. The summed E-state index contributed by atoms with van der Waals surface area (Å²) in [6.45, 7) is 0. The Morgan fingerprint density at radius 2 is 1.48 bits per heavy atom. The van der Waals surface area contributed by atoms with Gasteiger partial charge in [-0.2, -0.15) is 0 Å². The third-order valence-corrected chi connectivity index (χ3v) is 6.07. The summed E-state index contributed by atoms with van der Waals surface area (Å²) < 4.78 is 0. The van der Waals surface area contributed by atoms with Crippen molar-refractivity contribution in [2.75, 3.05) is 9.80 Å². The molecule has 33 heavy (non-hydrogen) atoms. The molecule has 0 fully saturated rings. The fraction of sp³-hybridized carbons (Fsp3) is 0.154. The number of carbonyl (C=O) groups is 2. The Balaban J connectivity index is 1.79. The molecule has 0 saturated carbocycles. The second kappa shape index (κ2) is 8.35. The lowest BCUT2D eigenvalue weighted by atomic mass is 9.83. The van der Waals surface area contributed by atoms with Crippen molar-refractivity contribution in [3.63, 3.8) is 0 Å². The van der Waals surface area contributed by atoms with Crippen LogP contribution < -0.4 is 9.80 Å². The number of Topliss-reactive ketones (excluding diaryl/α,β-unsaturated/α-hetero) is 1. The molecule has 164 valence electrons. The van der Waals surface area contributed by atoms with Crippen LogP contribution in [0.5, 0.6) is 0 Å². The van der Waals surface area contributed by atoms with Crippen molar-refractivity contribution < 1.29 is 14.5 Å². The lowest BCUT2D eigenvalue weighted by Crippen LogP contribution is -2.52. The Labute approximate surface area is 190 Å². The van der Waals surface area contributed by atoms with Crippen LogP contribution >= 0.6 is 0 Å². The molecular formula is C26H21N3O4. The van der Waals surface area contributed by atoms with Gasteiger partial charge in [0.05, 0.1) is 16.7 Å². The largest absolute Gasteiger partial charge is 0.334 e. The molecule has 1 heterocycles. The van der Waals surface area contributed by atoms with E-state index in [0.717, 1.165) is 0 Å². The summed E-state index contributed by atoms with van der Waals surface area (Å²) in [7, 11) is 0. The lowest BCUT2D eigenvalue weighted by Gasteiger charge is -2.45. The van der Waals surface area contributed by atoms with Crippen molar-refractivity contribution in [3.05, 3.63) is 112 Å². The number of benzene rings is 3. The second-order valence-corrected chi connectivity index (χ2v) is 8.05. The number of urea groups is 1. The SMILES string of the molecule is O=C1CCCC2=C1C(c1cccc([N+](=O)[O-])c1)N(c1ccccc1)C(=O)N2c1ccccc1. The average molecular weight is 439 g/mol. The Kier molecular flexibility index (Phi) is 5.22. The van der Waals surface area contributed by atoms with E-state index < -0.39 is 11.0 Å². The van der Waals surface area contributed by atoms with Gasteiger partial charge in [-0.15, -0.1) is 0 Å². The van der Waals surface area contributed by atoms with E-state index in [9.17, 15) is 19.7 Å². The first-order chi connectivity index (χ1) is 16.1. The molecule has 7 nitrogen and oxygen atoms in total. The van der Waals surface area contributed by atoms with Crippen LogP contribution in [0, 0.1) is 10.1 Å². The van der Waals surface area contributed by atoms with Crippen LogP contribution in [0.25, 0.3) is 0 Å². The van der Waals surface area contributed by atoms with E-state index in [1.165, 1.54) is 12.1 Å². The van der Waals surface area contributed by atoms with Gasteiger partial charge in [-0.05, 0) is 42.7 Å². The maximum Gasteiger partial charge on any atom is 0.334 e. The van der Waals surface area contributed by atoms with Crippen molar-refractivity contribution >= 4 is 28.9 Å². The van der Waals surface area contributed by atoms with Crippen LogP contribution in [-0.2, 0) is 4.79 Å². The normalized spacial score (nSPS) is 18.4. The first-order valence-corrected chi connectivity index (χ1v) is 10.8. The van der Waals surface area contributed by atoms with E-state index >= 15 is 0 Å². The van der Waals surface area contributed by atoms with Gasteiger partial charge in [0.1, 0.15) is 0 Å². The van der Waals surface area contributed by atoms with Gasteiger partial charge in [-0.3, -0.25) is 24.7 Å². The number of rotatable bonds is 4. The quantitative estimate of drug-likeness (QED) is 0.380. The molecular weight excluding hydrogens is 418 g/mol. The maximum atomic E-state index is 14.1. The minimum Gasteiger partial charge on any atom is -0.294 e. The molecule has 3 aromatic carbocycles. The van der Waals surface area contributed by atoms with E-state index in [1.807, 2.05) is 60.7 Å². The topological polar surface area (TPSA) is 83.8 Å². The monoisotopic (exact) mass is 439 g/mol. The number of carbonyl (C=O) groups excluding carboxylic acids is 2. The highest BCUT2D eigenvalue weighted by Gasteiger charge is 2.45. The molecule has 2 amide bonds. The first-order valence-electron chi connectivity index (χ1n) is 10.8. The highest BCUT2D eigenvalue weighted by Crippen LogP contribution is 2.46. The summed E-state index contributed by atoms with van der Waals surface area (Å²) in [4.78, 5) is 41.6. The number of amides is 2. The van der Waals surface area contributed by atoms with Crippen LogP contribution in [-0.4, -0.2) is 16.7 Å². The fourth-order valence-electron chi connectivity index (χ4n) is 4.67. The summed E-state index contributed by atoms with van der Waals surface area (Å²) in [5, 5.41) is 11.5. The fourth-order valence-corrected chi connectivity index (χ4v) is 4.67. The van der Waals surface area contributed by atoms with E-state index in [2.05, 4.69) is 0 Å². The summed E-state index contributed by atoms with van der Waals surface area (Å²) in [6.07, 6.45) is 1.61. The third kappa shape index (κ3) is 3.57. The van der Waals surface area contributed by atoms with Crippen LogP contribution in [0.4, 0.5) is 21.9 Å². The molecule has 0 spiro atoms. The predicted octanol–water partition coefficient (Wildman–Crippen LogP) is 5.79. The third-order valence-electron chi connectivity index (χ3n) is 6.07. The summed E-state index contributed by atoms with van der Waals surface area (Å²) in [5.74, 6) is -0.0397. The average Bonchev–Trinajstić information content (AvgIpc) is 2.84. The number of anilines is 2. The van der Waals surface area contributed by atoms with Gasteiger partial charge in [-0.1, -0.05) is 48.5 Å². The zero-order chi connectivity index (χ0) is 22.9. The van der Waals surface area contributed by atoms with Gasteiger partial charge in [0.15, 0.2) is 5.78 Å². The molecule has 2 aliphatic rings. The number of non-ortho nitro benzene ring substituents is 1. The van der Waals surface area contributed by atoms with Crippen LogP contribution in [0.3, 0.4) is 0 Å². The van der Waals surface area contributed by atoms with Gasteiger partial charge in [0, 0.05) is 35.5 Å². The first kappa shape index (κ1) is 20.6. The number of para-hydroxylation sites is 2. The molecule has 5 rings (SSSR count). The number of hydrogen-bond donors (Lipinski definition) is 0. The van der Waals surface area contributed by atoms with Gasteiger partial charge in [0.2, 0.25) is 0 Å². The highest BCUT2D eigenvalue weighted by atomic mass is 16.6. The summed E-state index contributed by atoms with van der Waals surface area (Å²) in [5.41, 5.74) is 2.95. The second-order valence-electron chi connectivity index (χ2n) is 8.05. The Bertz CT molecular complexity index is 1270. The maximum absolute atomic E-state index is 14.1. The molecule has 1 aliphatic heterocycles. The zero-order valence-corrected chi connectivity index (χ0v) is 17.8. The standard InChI is InChI=1S/C26H21N3O4/c30-23-16-8-15-22-24(23)25(18-9-7-14-21(17-18)29(32)33)28(20-12-5-2-6-13-20)26(31)27(22)19-10-3-1-4-11-19/h1-7,9-14,17,25H,8,15-16H2. The van der Waals surface area contributed by atoms with E-state index in [-0.39, 0.29) is 17.5 Å². The molecule has 0 saturated heterocycles. The molecule has 0 radical (unpaired) electrons. The molecule has 0 bridgehead atoms. The number of allylic oxidation sites excluding steroid dienone is 1. The highest BCUT2D eigenvalue weighted by molar-refractivity contribution is 6.13. The van der Waals surface area contributed by atoms with Crippen molar-refractivity contribution in [2.24, 2.45) is 0 Å². The van der Waals surface area contributed by atoms with Crippen LogP contribution in [0.2, 0.25) is 0 Å². The van der Waals surface area contributed by atoms with Gasteiger partial charge in [-0.25, -0.2) is 4.79 Å². The molecule has 1 aliphatic carbocycles. The minimum atomic E-state index is -0.748.